The molecule has 0 amide bonds. The van der Waals surface area contributed by atoms with Crippen LogP contribution in [0, 0.1) is 5.41 Å². The molecule has 0 aromatic carbocycles. The minimum atomic E-state index is 0.229. The molecule has 0 spiro atoms. The highest BCUT2D eigenvalue weighted by Crippen LogP contribution is 2.01. The van der Waals surface area contributed by atoms with Crippen molar-refractivity contribution >= 4 is 11.7 Å². The van der Waals surface area contributed by atoms with Gasteiger partial charge in [-0.1, -0.05) is 12.2 Å². The van der Waals surface area contributed by atoms with Crippen molar-refractivity contribution in [1.82, 2.24) is 0 Å². The summed E-state index contributed by atoms with van der Waals surface area (Å²) in [7, 11) is 0. The molecule has 0 radical (unpaired) electrons. The standard InChI is InChI=1S/C7H5NO/c8-7-4-2-1-3-6(7)5-9/h1-4,8H. The molecule has 2 heteroatoms. The van der Waals surface area contributed by atoms with Crippen LogP contribution in [-0.2, 0) is 4.79 Å². The number of hydrogen-bond donors (Lipinski definition) is 1. The van der Waals surface area contributed by atoms with Crippen LogP contribution in [0.4, 0.5) is 0 Å². The maximum atomic E-state index is 9.98. The Hall–Kier alpha value is -1.40. The second-order valence-corrected chi connectivity index (χ2v) is 1.65. The number of carbonyl (C=O) groups excluding carboxylic acids is 1. The van der Waals surface area contributed by atoms with E-state index in [1.54, 1.807) is 30.2 Å². The van der Waals surface area contributed by atoms with Gasteiger partial charge in [-0.3, -0.25) is 5.41 Å². The summed E-state index contributed by atoms with van der Waals surface area (Å²) in [4.78, 5) is 9.98. The van der Waals surface area contributed by atoms with Gasteiger partial charge in [-0.15, -0.1) is 0 Å². The number of nitrogens with one attached hydrogen (secondary N) is 1. The van der Waals surface area contributed by atoms with Gasteiger partial charge in [-0.2, -0.15) is 0 Å². The van der Waals surface area contributed by atoms with E-state index >= 15 is 0 Å². The van der Waals surface area contributed by atoms with Crippen LogP contribution in [0.15, 0.2) is 29.9 Å². The van der Waals surface area contributed by atoms with Gasteiger partial charge in [0, 0.05) is 0 Å². The fourth-order valence-corrected chi connectivity index (χ4v) is 0.572. The van der Waals surface area contributed by atoms with E-state index in [-0.39, 0.29) is 5.71 Å². The molecule has 0 aromatic rings. The normalized spacial score (nSPS) is 16.0. The average molecular weight is 119 g/mol. The predicted octanol–water partition coefficient (Wildman–Crippen LogP) is 0.890. The van der Waals surface area contributed by atoms with Crippen molar-refractivity contribution in [2.24, 2.45) is 0 Å². The maximum Gasteiger partial charge on any atom is 0.134 e. The van der Waals surface area contributed by atoms with Gasteiger partial charge in [-0.25, -0.2) is 4.79 Å². The largest absolute Gasteiger partial charge is 0.299 e. The smallest absolute Gasteiger partial charge is 0.134 e. The zero-order chi connectivity index (χ0) is 6.69. The average Bonchev–Trinajstić information content (AvgIpc) is 1.89. The summed E-state index contributed by atoms with van der Waals surface area (Å²) in [6.07, 6.45) is 6.54. The second-order valence-electron chi connectivity index (χ2n) is 1.65. The van der Waals surface area contributed by atoms with Gasteiger partial charge < -0.3 is 0 Å². The quantitative estimate of drug-likeness (QED) is 0.472. The van der Waals surface area contributed by atoms with Crippen LogP contribution < -0.4 is 0 Å². The summed E-state index contributed by atoms with van der Waals surface area (Å²) in [6.45, 7) is 0. The van der Waals surface area contributed by atoms with Crippen molar-refractivity contribution in [2.75, 3.05) is 0 Å². The minimum absolute atomic E-state index is 0.229. The van der Waals surface area contributed by atoms with Gasteiger partial charge in [0.25, 0.3) is 0 Å². The van der Waals surface area contributed by atoms with Crippen LogP contribution in [0.2, 0.25) is 0 Å². The van der Waals surface area contributed by atoms with Gasteiger partial charge in [0.2, 0.25) is 0 Å². The molecule has 1 aliphatic rings. The Balaban J connectivity index is 3.04. The van der Waals surface area contributed by atoms with Crippen molar-refractivity contribution in [3.63, 3.8) is 0 Å². The molecule has 1 N–H and O–H groups in total. The molecule has 0 saturated heterocycles. The molecule has 1 aliphatic carbocycles. The van der Waals surface area contributed by atoms with Crippen molar-refractivity contribution < 1.29 is 4.79 Å². The lowest BCUT2D eigenvalue weighted by Crippen LogP contribution is -1.97. The van der Waals surface area contributed by atoms with E-state index < -0.39 is 0 Å². The van der Waals surface area contributed by atoms with Crippen LogP contribution in [0.3, 0.4) is 0 Å². The summed E-state index contributed by atoms with van der Waals surface area (Å²) in [5, 5.41) is 7.11. The van der Waals surface area contributed by atoms with Gasteiger partial charge in [0.1, 0.15) is 5.94 Å². The topological polar surface area (TPSA) is 40.9 Å². The first kappa shape index (κ1) is 5.73. The molecule has 44 valence electrons. The zero-order valence-electron chi connectivity index (χ0n) is 4.72. The van der Waals surface area contributed by atoms with E-state index in [0.29, 0.717) is 5.57 Å². The third kappa shape index (κ3) is 1.04. The first-order chi connectivity index (χ1) is 4.34. The Kier molecular flexibility index (Phi) is 1.43. The van der Waals surface area contributed by atoms with Crippen LogP contribution >= 0.6 is 0 Å². The molecular weight excluding hydrogens is 114 g/mol. The van der Waals surface area contributed by atoms with E-state index in [1.807, 2.05) is 0 Å². The Bertz CT molecular complexity index is 242. The molecule has 0 aromatic heterocycles. The second kappa shape index (κ2) is 2.25. The molecule has 0 fully saturated rings. The van der Waals surface area contributed by atoms with Crippen molar-refractivity contribution in [3.05, 3.63) is 29.9 Å². The number of rotatable bonds is 0. The molecule has 0 atom stereocenters. The van der Waals surface area contributed by atoms with E-state index in [1.165, 1.54) is 0 Å². The Morgan fingerprint density at radius 1 is 1.33 bits per heavy atom. The first-order valence-corrected chi connectivity index (χ1v) is 2.53. The fourth-order valence-electron chi connectivity index (χ4n) is 0.572. The van der Waals surface area contributed by atoms with E-state index in [0.717, 1.165) is 0 Å². The van der Waals surface area contributed by atoms with Crippen LogP contribution in [0.5, 0.6) is 0 Å². The van der Waals surface area contributed by atoms with Crippen LogP contribution in [0.25, 0.3) is 0 Å². The Morgan fingerprint density at radius 3 is 2.44 bits per heavy atom. The highest BCUT2D eigenvalue weighted by molar-refractivity contribution is 6.14. The van der Waals surface area contributed by atoms with Gasteiger partial charge in [0.15, 0.2) is 0 Å². The highest BCUT2D eigenvalue weighted by atomic mass is 16.1. The molecule has 1 rings (SSSR count). The zero-order valence-corrected chi connectivity index (χ0v) is 4.72. The number of allylic oxidation sites excluding steroid dienone is 5. The lowest BCUT2D eigenvalue weighted by molar-refractivity contribution is 0.568. The van der Waals surface area contributed by atoms with E-state index in [2.05, 4.69) is 0 Å². The van der Waals surface area contributed by atoms with Gasteiger partial charge in [-0.05, 0) is 12.2 Å². The van der Waals surface area contributed by atoms with Crippen LogP contribution in [-0.4, -0.2) is 11.7 Å². The van der Waals surface area contributed by atoms with Crippen molar-refractivity contribution in [1.29, 1.82) is 5.41 Å². The third-order valence-corrected chi connectivity index (χ3v) is 1.04. The summed E-state index contributed by atoms with van der Waals surface area (Å²) in [5.41, 5.74) is 0.546. The molecule has 9 heavy (non-hydrogen) atoms. The van der Waals surface area contributed by atoms with Gasteiger partial charge >= 0.3 is 0 Å². The van der Waals surface area contributed by atoms with Crippen molar-refractivity contribution in [2.45, 2.75) is 0 Å². The lowest BCUT2D eigenvalue weighted by atomic mass is 10.1. The summed E-state index contributed by atoms with van der Waals surface area (Å²) in [6, 6.07) is 0. The predicted molar refractivity (Wildman–Crippen MR) is 35.2 cm³/mol. The van der Waals surface area contributed by atoms with Crippen molar-refractivity contribution in [3.8, 4) is 0 Å². The molecule has 0 unspecified atom stereocenters. The SMILES string of the molecule is N=C1C=CC=CC1=C=O. The Morgan fingerprint density at radius 2 is 2.00 bits per heavy atom. The van der Waals surface area contributed by atoms with E-state index in [9.17, 15) is 4.79 Å². The van der Waals surface area contributed by atoms with Gasteiger partial charge in [0.05, 0.1) is 11.3 Å². The maximum absolute atomic E-state index is 9.98. The summed E-state index contributed by atoms with van der Waals surface area (Å²) in [5.74, 6) is 1.66. The minimum Gasteiger partial charge on any atom is -0.299 e. The first-order valence-electron chi connectivity index (χ1n) is 2.53. The summed E-state index contributed by atoms with van der Waals surface area (Å²) >= 11 is 0. The molecule has 0 heterocycles. The molecule has 0 aliphatic heterocycles. The fraction of sp³-hybridized carbons (Fsp3) is 0. The summed E-state index contributed by atoms with van der Waals surface area (Å²) < 4.78 is 0. The van der Waals surface area contributed by atoms with Crippen LogP contribution in [0.1, 0.15) is 0 Å². The Labute approximate surface area is 52.7 Å². The molecule has 0 saturated carbocycles. The molecule has 0 bridgehead atoms. The highest BCUT2D eigenvalue weighted by Gasteiger charge is 1.99. The lowest BCUT2D eigenvalue weighted by Gasteiger charge is -1.95. The molecular formula is C7H5NO. The molecule has 2 nitrogen and oxygen atoms in total. The van der Waals surface area contributed by atoms with E-state index in [4.69, 9.17) is 5.41 Å². The number of hydrogen-bond acceptors (Lipinski definition) is 2. The monoisotopic (exact) mass is 119 g/mol. The third-order valence-electron chi connectivity index (χ3n) is 1.04.